The second kappa shape index (κ2) is 6.72. The zero-order chi connectivity index (χ0) is 19.0. The maximum Gasteiger partial charge on any atom is 0.416 e. The van der Waals surface area contributed by atoms with E-state index in [0.717, 1.165) is 24.1 Å². The predicted molar refractivity (Wildman–Crippen MR) is 94.7 cm³/mol. The van der Waals surface area contributed by atoms with E-state index in [4.69, 9.17) is 4.74 Å². The number of amides is 1. The Kier molecular flexibility index (Phi) is 4.37. The molecule has 2 aliphatic heterocycles. The quantitative estimate of drug-likeness (QED) is 0.753. The summed E-state index contributed by atoms with van der Waals surface area (Å²) in [5.41, 5.74) is 1.41. The minimum atomic E-state index is -4.36. The molecule has 2 aromatic rings. The minimum absolute atomic E-state index is 0.0292. The zero-order valence-electron chi connectivity index (χ0n) is 14.4. The van der Waals surface area contributed by atoms with E-state index in [-0.39, 0.29) is 5.91 Å². The van der Waals surface area contributed by atoms with Crippen molar-refractivity contribution in [3.05, 3.63) is 53.6 Å². The summed E-state index contributed by atoms with van der Waals surface area (Å²) < 4.78 is 44.1. The first-order valence-electron chi connectivity index (χ1n) is 8.73. The number of carbonyl (C=O) groups is 1. The lowest BCUT2D eigenvalue weighted by molar-refractivity contribution is -0.137. The lowest BCUT2D eigenvalue weighted by Crippen LogP contribution is -2.32. The summed E-state index contributed by atoms with van der Waals surface area (Å²) in [5, 5.41) is 0. The summed E-state index contributed by atoms with van der Waals surface area (Å²) in [7, 11) is 0. The molecule has 0 N–H and O–H groups in total. The summed E-state index contributed by atoms with van der Waals surface area (Å²) in [6.07, 6.45) is -3.09. The van der Waals surface area contributed by atoms with Gasteiger partial charge >= 0.3 is 6.18 Å². The molecule has 0 bridgehead atoms. The van der Waals surface area contributed by atoms with Crippen LogP contribution in [0.1, 0.15) is 24.0 Å². The third-order valence-electron chi connectivity index (χ3n) is 4.71. The molecule has 0 spiro atoms. The number of fused-ring (bicyclic) bond motifs is 1. The highest BCUT2D eigenvalue weighted by Gasteiger charge is 2.31. The molecule has 1 saturated heterocycles. The lowest BCUT2D eigenvalue weighted by Gasteiger charge is -2.19. The summed E-state index contributed by atoms with van der Waals surface area (Å²) in [5.74, 6) is 1.24. The zero-order valence-corrected chi connectivity index (χ0v) is 14.4. The standard InChI is InChI=1S/C20H17F3N2O2/c21-20(22,23)15-6-3-13(4-7-15)14-5-8-17-16(12-14)19(24-9-11-27-17)25-10-1-2-18(25)26/h3-8,12H,1-2,9-11H2. The van der Waals surface area contributed by atoms with E-state index in [9.17, 15) is 18.0 Å². The molecule has 0 aromatic heterocycles. The highest BCUT2D eigenvalue weighted by Crippen LogP contribution is 2.33. The van der Waals surface area contributed by atoms with Gasteiger partial charge in [0, 0.05) is 13.0 Å². The predicted octanol–water partition coefficient (Wildman–Crippen LogP) is 4.13. The molecule has 27 heavy (non-hydrogen) atoms. The SMILES string of the molecule is O=C1CCCN1C1=NCCOc2ccc(-c3ccc(C(F)(F)F)cc3)cc21. The number of hydrogen-bond acceptors (Lipinski definition) is 3. The van der Waals surface area contributed by atoms with Crippen LogP contribution in [0.25, 0.3) is 11.1 Å². The fourth-order valence-corrected chi connectivity index (χ4v) is 3.36. The number of amidine groups is 1. The molecule has 2 heterocycles. The highest BCUT2D eigenvalue weighted by atomic mass is 19.4. The van der Waals surface area contributed by atoms with Gasteiger partial charge in [-0.15, -0.1) is 0 Å². The number of hydrogen-bond donors (Lipinski definition) is 0. The maximum absolute atomic E-state index is 12.8. The number of likely N-dealkylation sites (tertiary alicyclic amines) is 1. The van der Waals surface area contributed by atoms with Gasteiger partial charge in [0.2, 0.25) is 5.91 Å². The normalized spacial score (nSPS) is 17.2. The van der Waals surface area contributed by atoms with Crippen LogP contribution in [-0.2, 0) is 11.0 Å². The first kappa shape index (κ1) is 17.6. The number of carbonyl (C=O) groups excluding carboxylic acids is 1. The minimum Gasteiger partial charge on any atom is -0.491 e. The molecule has 0 saturated carbocycles. The Balaban J connectivity index is 1.73. The van der Waals surface area contributed by atoms with Crippen LogP contribution < -0.4 is 4.74 Å². The molecule has 0 aliphatic carbocycles. The molecule has 7 heteroatoms. The molecular formula is C20H17F3N2O2. The van der Waals surface area contributed by atoms with Crippen LogP contribution in [0.5, 0.6) is 5.75 Å². The van der Waals surface area contributed by atoms with Gasteiger partial charge in [-0.25, -0.2) is 0 Å². The molecule has 1 amide bonds. The first-order chi connectivity index (χ1) is 12.9. The second-order valence-electron chi connectivity index (χ2n) is 6.49. The Morgan fingerprint density at radius 2 is 1.78 bits per heavy atom. The summed E-state index contributed by atoms with van der Waals surface area (Å²) in [6.45, 7) is 1.48. The molecule has 4 rings (SSSR count). The van der Waals surface area contributed by atoms with Crippen LogP contribution in [0.2, 0.25) is 0 Å². The van der Waals surface area contributed by atoms with E-state index in [1.165, 1.54) is 12.1 Å². The van der Waals surface area contributed by atoms with Crippen LogP contribution in [0.3, 0.4) is 0 Å². The number of ether oxygens (including phenoxy) is 1. The summed E-state index contributed by atoms with van der Waals surface area (Å²) in [4.78, 5) is 18.4. The van der Waals surface area contributed by atoms with E-state index in [1.807, 2.05) is 6.07 Å². The molecule has 140 valence electrons. The first-order valence-corrected chi connectivity index (χ1v) is 8.73. The van der Waals surface area contributed by atoms with Crippen molar-refractivity contribution in [1.82, 2.24) is 4.90 Å². The molecular weight excluding hydrogens is 357 g/mol. The molecule has 2 aliphatic rings. The van der Waals surface area contributed by atoms with Crippen molar-refractivity contribution in [2.75, 3.05) is 19.7 Å². The molecule has 0 atom stereocenters. The van der Waals surface area contributed by atoms with Crippen LogP contribution >= 0.6 is 0 Å². The number of nitrogens with zero attached hydrogens (tertiary/aromatic N) is 2. The van der Waals surface area contributed by atoms with Crippen molar-refractivity contribution >= 4 is 11.7 Å². The van der Waals surface area contributed by atoms with Gasteiger partial charge in [-0.1, -0.05) is 18.2 Å². The number of alkyl halides is 3. The van der Waals surface area contributed by atoms with Crippen LogP contribution in [-0.4, -0.2) is 36.3 Å². The van der Waals surface area contributed by atoms with Gasteiger partial charge in [-0.3, -0.25) is 14.7 Å². The van der Waals surface area contributed by atoms with E-state index in [1.54, 1.807) is 17.0 Å². The van der Waals surface area contributed by atoms with E-state index >= 15 is 0 Å². The van der Waals surface area contributed by atoms with E-state index in [2.05, 4.69) is 4.99 Å². The number of rotatable bonds is 1. The Hall–Kier alpha value is -2.83. The Morgan fingerprint density at radius 1 is 1.04 bits per heavy atom. The lowest BCUT2D eigenvalue weighted by atomic mass is 10.00. The average molecular weight is 374 g/mol. The molecule has 4 nitrogen and oxygen atoms in total. The third kappa shape index (κ3) is 3.41. The Bertz CT molecular complexity index is 904. The number of benzene rings is 2. The van der Waals surface area contributed by atoms with Gasteiger partial charge in [-0.05, 0) is 41.8 Å². The Morgan fingerprint density at radius 3 is 2.44 bits per heavy atom. The van der Waals surface area contributed by atoms with Crippen molar-refractivity contribution in [2.24, 2.45) is 4.99 Å². The number of aliphatic imine (C=N–C) groups is 1. The largest absolute Gasteiger partial charge is 0.491 e. The summed E-state index contributed by atoms with van der Waals surface area (Å²) >= 11 is 0. The molecule has 0 radical (unpaired) electrons. The van der Waals surface area contributed by atoms with Gasteiger partial charge in [0.25, 0.3) is 0 Å². The smallest absolute Gasteiger partial charge is 0.416 e. The van der Waals surface area contributed by atoms with Crippen molar-refractivity contribution < 1.29 is 22.7 Å². The van der Waals surface area contributed by atoms with Crippen LogP contribution in [0.15, 0.2) is 47.5 Å². The maximum atomic E-state index is 12.8. The van der Waals surface area contributed by atoms with E-state index in [0.29, 0.717) is 48.8 Å². The number of halogens is 3. The van der Waals surface area contributed by atoms with Gasteiger partial charge in [-0.2, -0.15) is 13.2 Å². The topological polar surface area (TPSA) is 41.9 Å². The monoisotopic (exact) mass is 374 g/mol. The third-order valence-corrected chi connectivity index (χ3v) is 4.71. The summed E-state index contributed by atoms with van der Waals surface area (Å²) in [6, 6.07) is 10.4. The Labute approximate surface area is 154 Å². The molecule has 2 aromatic carbocycles. The van der Waals surface area contributed by atoms with Crippen molar-refractivity contribution in [2.45, 2.75) is 19.0 Å². The second-order valence-corrected chi connectivity index (χ2v) is 6.49. The van der Waals surface area contributed by atoms with Crippen molar-refractivity contribution in [3.63, 3.8) is 0 Å². The fourth-order valence-electron chi connectivity index (χ4n) is 3.36. The molecule has 0 unspecified atom stereocenters. The van der Waals surface area contributed by atoms with Gasteiger partial charge in [0.15, 0.2) is 0 Å². The highest BCUT2D eigenvalue weighted by molar-refractivity contribution is 6.10. The van der Waals surface area contributed by atoms with Gasteiger partial charge < -0.3 is 4.74 Å². The van der Waals surface area contributed by atoms with Gasteiger partial charge in [0.05, 0.1) is 17.7 Å². The van der Waals surface area contributed by atoms with Crippen molar-refractivity contribution in [1.29, 1.82) is 0 Å². The average Bonchev–Trinajstić information content (AvgIpc) is 2.96. The fraction of sp³-hybridized carbons (Fsp3) is 0.300. The van der Waals surface area contributed by atoms with Crippen LogP contribution in [0, 0.1) is 0 Å². The van der Waals surface area contributed by atoms with E-state index < -0.39 is 11.7 Å². The molecule has 1 fully saturated rings. The van der Waals surface area contributed by atoms with Crippen molar-refractivity contribution in [3.8, 4) is 16.9 Å². The van der Waals surface area contributed by atoms with Gasteiger partial charge in [0.1, 0.15) is 18.2 Å². The van der Waals surface area contributed by atoms with Crippen LogP contribution in [0.4, 0.5) is 13.2 Å².